The standard InChI is InChI=1S/C16H14BrN3S2/c17-10-6-4-9(5-7-10)8-21-16-19-14(18)13-11-2-1-3-12(11)22-15(13)20-16/h4-7H,1-3,8H2,(H2,18,19,20). The van der Waals surface area contributed by atoms with Gasteiger partial charge in [0.25, 0.3) is 0 Å². The van der Waals surface area contributed by atoms with Gasteiger partial charge in [-0.1, -0.05) is 39.8 Å². The molecule has 0 aliphatic heterocycles. The highest BCUT2D eigenvalue weighted by Gasteiger charge is 2.21. The Labute approximate surface area is 145 Å². The van der Waals surface area contributed by atoms with Crippen molar-refractivity contribution in [3.8, 4) is 0 Å². The maximum atomic E-state index is 6.20. The number of benzene rings is 1. The Kier molecular flexibility index (Phi) is 3.84. The SMILES string of the molecule is Nc1nc(SCc2ccc(Br)cc2)nc2sc3c(c12)CCC3. The number of thioether (sulfide) groups is 1. The lowest BCUT2D eigenvalue weighted by molar-refractivity contribution is 0.916. The van der Waals surface area contributed by atoms with Gasteiger partial charge in [0, 0.05) is 15.1 Å². The zero-order valence-corrected chi connectivity index (χ0v) is 15.0. The van der Waals surface area contributed by atoms with Crippen molar-refractivity contribution in [2.75, 3.05) is 5.73 Å². The number of nitrogen functional groups attached to an aromatic ring is 1. The second-order valence-corrected chi connectivity index (χ2v) is 8.29. The van der Waals surface area contributed by atoms with E-state index in [2.05, 4.69) is 45.2 Å². The van der Waals surface area contributed by atoms with E-state index in [0.29, 0.717) is 5.82 Å². The molecular weight excluding hydrogens is 378 g/mol. The van der Waals surface area contributed by atoms with Crippen LogP contribution in [0, 0.1) is 0 Å². The van der Waals surface area contributed by atoms with Crippen molar-refractivity contribution in [1.29, 1.82) is 0 Å². The lowest BCUT2D eigenvalue weighted by Crippen LogP contribution is -1.97. The van der Waals surface area contributed by atoms with Gasteiger partial charge in [0.1, 0.15) is 10.6 Å². The molecule has 3 nitrogen and oxygen atoms in total. The van der Waals surface area contributed by atoms with Crippen molar-refractivity contribution in [3.63, 3.8) is 0 Å². The van der Waals surface area contributed by atoms with Crippen LogP contribution in [0.2, 0.25) is 0 Å². The summed E-state index contributed by atoms with van der Waals surface area (Å²) in [6, 6.07) is 8.33. The van der Waals surface area contributed by atoms with Gasteiger partial charge in [-0.3, -0.25) is 0 Å². The van der Waals surface area contributed by atoms with E-state index in [1.807, 2.05) is 0 Å². The van der Waals surface area contributed by atoms with Crippen LogP contribution in [0.25, 0.3) is 10.2 Å². The number of fused-ring (bicyclic) bond motifs is 3. The first-order valence-electron chi connectivity index (χ1n) is 7.16. The minimum Gasteiger partial charge on any atom is -0.383 e. The van der Waals surface area contributed by atoms with E-state index in [0.717, 1.165) is 38.4 Å². The molecule has 4 rings (SSSR count). The number of hydrogen-bond acceptors (Lipinski definition) is 5. The fourth-order valence-corrected chi connectivity index (χ4v) is 5.19. The molecule has 0 unspecified atom stereocenters. The summed E-state index contributed by atoms with van der Waals surface area (Å²) in [5.41, 5.74) is 8.84. The Morgan fingerprint density at radius 2 is 2.00 bits per heavy atom. The Balaban J connectivity index is 1.61. The highest BCUT2D eigenvalue weighted by Crippen LogP contribution is 2.39. The summed E-state index contributed by atoms with van der Waals surface area (Å²) in [6.07, 6.45) is 3.52. The molecule has 1 aliphatic rings. The number of nitrogens with two attached hydrogens (primary N) is 1. The number of rotatable bonds is 3. The molecule has 112 valence electrons. The van der Waals surface area contributed by atoms with Gasteiger partial charge in [-0.2, -0.15) is 0 Å². The van der Waals surface area contributed by atoms with E-state index in [4.69, 9.17) is 10.7 Å². The maximum Gasteiger partial charge on any atom is 0.191 e. The Hall–Kier alpha value is -1.11. The van der Waals surface area contributed by atoms with E-state index < -0.39 is 0 Å². The average molecular weight is 392 g/mol. The molecule has 2 N–H and O–H groups in total. The van der Waals surface area contributed by atoms with Gasteiger partial charge < -0.3 is 5.73 Å². The predicted octanol–water partition coefficient (Wildman–Crippen LogP) is 4.82. The van der Waals surface area contributed by atoms with Crippen LogP contribution in [0.3, 0.4) is 0 Å². The van der Waals surface area contributed by atoms with Crippen LogP contribution in [0.4, 0.5) is 5.82 Å². The monoisotopic (exact) mass is 391 g/mol. The molecule has 22 heavy (non-hydrogen) atoms. The molecule has 3 aromatic rings. The fraction of sp³-hybridized carbons (Fsp3) is 0.250. The predicted molar refractivity (Wildman–Crippen MR) is 97.6 cm³/mol. The first kappa shape index (κ1) is 14.5. The third-order valence-corrected chi connectivity index (χ3v) is 6.49. The first-order chi connectivity index (χ1) is 10.7. The number of thiophene rings is 1. The van der Waals surface area contributed by atoms with Crippen molar-refractivity contribution in [2.45, 2.75) is 30.2 Å². The summed E-state index contributed by atoms with van der Waals surface area (Å²) in [7, 11) is 0. The minimum absolute atomic E-state index is 0.641. The molecule has 1 aromatic carbocycles. The minimum atomic E-state index is 0.641. The van der Waals surface area contributed by atoms with Gasteiger partial charge in [-0.15, -0.1) is 11.3 Å². The van der Waals surface area contributed by atoms with Gasteiger partial charge in [0.05, 0.1) is 5.39 Å². The van der Waals surface area contributed by atoms with E-state index >= 15 is 0 Å². The molecule has 0 saturated heterocycles. The number of nitrogens with zero attached hydrogens (tertiary/aromatic N) is 2. The van der Waals surface area contributed by atoms with Crippen LogP contribution in [0.15, 0.2) is 33.9 Å². The second-order valence-electron chi connectivity index (χ2n) is 5.34. The van der Waals surface area contributed by atoms with Crippen LogP contribution in [0.5, 0.6) is 0 Å². The largest absolute Gasteiger partial charge is 0.383 e. The summed E-state index contributed by atoms with van der Waals surface area (Å²) in [5, 5.41) is 1.87. The van der Waals surface area contributed by atoms with Crippen LogP contribution in [0.1, 0.15) is 22.4 Å². The summed E-state index contributed by atoms with van der Waals surface area (Å²) in [6.45, 7) is 0. The molecule has 6 heteroatoms. The van der Waals surface area contributed by atoms with Gasteiger partial charge in [0.2, 0.25) is 0 Å². The van der Waals surface area contributed by atoms with Gasteiger partial charge in [-0.25, -0.2) is 9.97 Å². The average Bonchev–Trinajstić information content (AvgIpc) is 3.06. The van der Waals surface area contributed by atoms with E-state index in [1.54, 1.807) is 23.1 Å². The molecule has 0 saturated carbocycles. The molecule has 0 amide bonds. The van der Waals surface area contributed by atoms with Crippen molar-refractivity contribution in [2.24, 2.45) is 0 Å². The van der Waals surface area contributed by atoms with Gasteiger partial charge >= 0.3 is 0 Å². The zero-order chi connectivity index (χ0) is 15.1. The molecule has 0 fully saturated rings. The normalized spacial score (nSPS) is 13.7. The van der Waals surface area contributed by atoms with Crippen molar-refractivity contribution >= 4 is 55.1 Å². The zero-order valence-electron chi connectivity index (χ0n) is 11.8. The number of hydrogen-bond donors (Lipinski definition) is 1. The van der Waals surface area contributed by atoms with Crippen LogP contribution < -0.4 is 5.73 Å². The smallest absolute Gasteiger partial charge is 0.191 e. The summed E-state index contributed by atoms with van der Waals surface area (Å²) < 4.78 is 1.09. The van der Waals surface area contributed by atoms with Crippen molar-refractivity contribution in [3.05, 3.63) is 44.7 Å². The maximum absolute atomic E-state index is 6.20. The summed E-state index contributed by atoms with van der Waals surface area (Å²) >= 11 is 6.88. The van der Waals surface area contributed by atoms with Crippen molar-refractivity contribution < 1.29 is 0 Å². The van der Waals surface area contributed by atoms with E-state index in [9.17, 15) is 0 Å². The molecule has 0 spiro atoms. The molecule has 2 heterocycles. The molecule has 0 atom stereocenters. The lowest BCUT2D eigenvalue weighted by Gasteiger charge is -2.04. The van der Waals surface area contributed by atoms with Crippen molar-refractivity contribution in [1.82, 2.24) is 9.97 Å². The van der Waals surface area contributed by atoms with Gasteiger partial charge in [0.15, 0.2) is 5.16 Å². The van der Waals surface area contributed by atoms with Crippen LogP contribution >= 0.6 is 39.0 Å². The molecule has 2 aromatic heterocycles. The molecule has 0 radical (unpaired) electrons. The highest BCUT2D eigenvalue weighted by molar-refractivity contribution is 9.10. The summed E-state index contributed by atoms with van der Waals surface area (Å²) in [4.78, 5) is 11.7. The summed E-state index contributed by atoms with van der Waals surface area (Å²) in [5.74, 6) is 1.49. The second kappa shape index (κ2) is 5.83. The first-order valence-corrected chi connectivity index (χ1v) is 9.75. The third-order valence-electron chi connectivity index (χ3n) is 3.85. The Morgan fingerprint density at radius 1 is 1.18 bits per heavy atom. The number of aromatic nitrogens is 2. The van der Waals surface area contributed by atoms with E-state index in [-0.39, 0.29) is 0 Å². The number of anilines is 1. The number of halogens is 1. The lowest BCUT2D eigenvalue weighted by atomic mass is 10.2. The topological polar surface area (TPSA) is 51.8 Å². The molecule has 0 bridgehead atoms. The quantitative estimate of drug-likeness (QED) is 0.513. The highest BCUT2D eigenvalue weighted by atomic mass is 79.9. The Bertz CT molecular complexity index is 843. The molecule has 1 aliphatic carbocycles. The number of aryl methyl sites for hydroxylation is 2. The Morgan fingerprint density at radius 3 is 2.82 bits per heavy atom. The van der Waals surface area contributed by atoms with Crippen LogP contribution in [-0.2, 0) is 18.6 Å². The third kappa shape index (κ3) is 2.64. The van der Waals surface area contributed by atoms with Gasteiger partial charge in [-0.05, 0) is 42.5 Å². The van der Waals surface area contributed by atoms with Crippen LogP contribution in [-0.4, -0.2) is 9.97 Å². The fourth-order valence-electron chi connectivity index (χ4n) is 2.80. The van der Waals surface area contributed by atoms with E-state index in [1.165, 1.54) is 22.4 Å². The molecular formula is C16H14BrN3S2.